The Hall–Kier alpha value is -8.12. The summed E-state index contributed by atoms with van der Waals surface area (Å²) in [4.78, 5) is 58.2. The molecule has 0 unspecified atom stereocenters. The number of β-amino-alcohol motifs (C(OH)–C–C–N with tert-alkyl or cyclic N) is 1. The molecule has 422 valence electrons. The normalized spacial score (nSPS) is 17.6. The molecule has 4 aromatic carbocycles. The summed E-state index contributed by atoms with van der Waals surface area (Å²) < 4.78 is 36.2. The number of halogens is 1. The summed E-state index contributed by atoms with van der Waals surface area (Å²) in [5.74, 6) is -0.678. The predicted octanol–water partition coefficient (Wildman–Crippen LogP) is 7.96. The van der Waals surface area contributed by atoms with E-state index in [1.807, 2.05) is 82.3 Å². The van der Waals surface area contributed by atoms with E-state index in [1.165, 1.54) is 31.9 Å². The summed E-state index contributed by atoms with van der Waals surface area (Å²) in [6.45, 7) is 9.54. The summed E-state index contributed by atoms with van der Waals surface area (Å²) in [7, 11) is 1.58. The fourth-order valence-electron chi connectivity index (χ4n) is 10.8. The zero-order valence-corrected chi connectivity index (χ0v) is 46.4. The second kappa shape index (κ2) is 22.8. The Bertz CT molecular complexity index is 3640. The number of benzene rings is 4. The first kappa shape index (κ1) is 54.8. The fraction of sp³-hybridized carbons (Fsp3) is 0.397. The third-order valence-corrected chi connectivity index (χ3v) is 16.5. The number of carbonyl (C=O) groups excluding carboxylic acids is 2. The minimum Gasteiger partial charge on any atom is -0.486 e. The van der Waals surface area contributed by atoms with Crippen molar-refractivity contribution in [2.45, 2.75) is 103 Å². The standard InChI is InChI=1S/C58H63FN12O9S/c1-29(2)51(56(75)70-23-39(73)17-47(70)55(74)63-46(25-72)36-13-15-37(16-14-36)53-32(5)60-28-81-53)71-24-45(67-68-71)35-9-7-33(8-10-35)27-79-52-49(48-31(4)43(59)19-44-42(48)20-61-66-44)40(34-11-12-34)18-41-50(52)64-57(80-26-30(3)78-6)65-54(41)62-38-21-69(22-38)58(76)77/h7-10,13-16,18-20,24,28-30,34,38-39,46-47,51,72-73H,11-12,17,21-23,25-27H2,1-6H3,(H,61,66)(H,63,74)(H,76,77)(H,62,64,65)/t30-,39+,46-,47-,51-/m0/s1. The van der Waals surface area contributed by atoms with Crippen LogP contribution < -0.4 is 20.1 Å². The zero-order chi connectivity index (χ0) is 56.8. The first-order valence-corrected chi connectivity index (χ1v) is 27.9. The molecule has 6 heterocycles. The number of amides is 3. The maximum atomic E-state index is 16.0. The van der Waals surface area contributed by atoms with Gasteiger partial charge in [-0.2, -0.15) is 15.1 Å². The number of anilines is 1. The van der Waals surface area contributed by atoms with Gasteiger partial charge in [-0.1, -0.05) is 67.6 Å². The molecule has 2 saturated heterocycles. The number of rotatable bonds is 20. The number of carboxylic acid groups (broad SMARTS) is 1. The molecule has 0 radical (unpaired) electrons. The first-order valence-electron chi connectivity index (χ1n) is 27.0. The number of carbonyl (C=O) groups is 3. The highest BCUT2D eigenvalue weighted by molar-refractivity contribution is 7.13. The number of likely N-dealkylation sites (tertiary alicyclic amines) is 2. The summed E-state index contributed by atoms with van der Waals surface area (Å²) in [6.07, 6.45) is 2.94. The van der Waals surface area contributed by atoms with Crippen LogP contribution in [-0.4, -0.2) is 147 Å². The lowest BCUT2D eigenvalue weighted by molar-refractivity contribution is -0.142. The average molecular weight is 1120 g/mol. The van der Waals surface area contributed by atoms with Crippen molar-refractivity contribution in [2.24, 2.45) is 5.92 Å². The smallest absolute Gasteiger partial charge is 0.407 e. The summed E-state index contributed by atoms with van der Waals surface area (Å²) in [5.41, 5.74) is 9.85. The highest BCUT2D eigenvalue weighted by Crippen LogP contribution is 2.53. The maximum Gasteiger partial charge on any atom is 0.407 e. The highest BCUT2D eigenvalue weighted by atomic mass is 32.1. The fourth-order valence-corrected chi connectivity index (χ4v) is 11.6. The molecule has 23 heteroatoms. The number of nitrogens with one attached hydrogen (secondary N) is 3. The van der Waals surface area contributed by atoms with E-state index in [-0.39, 0.29) is 75.9 Å². The highest BCUT2D eigenvalue weighted by Gasteiger charge is 2.43. The van der Waals surface area contributed by atoms with Crippen molar-refractivity contribution in [1.29, 1.82) is 0 Å². The summed E-state index contributed by atoms with van der Waals surface area (Å²) in [6, 6.07) is 15.7. The Labute approximate surface area is 469 Å². The molecular formula is C58H63FN12O9S. The van der Waals surface area contributed by atoms with Crippen LogP contribution in [0.3, 0.4) is 0 Å². The number of methoxy groups -OCH3 is 1. The van der Waals surface area contributed by atoms with E-state index >= 15 is 4.39 Å². The van der Waals surface area contributed by atoms with Crippen molar-refractivity contribution in [3.63, 3.8) is 0 Å². The van der Waals surface area contributed by atoms with Gasteiger partial charge in [-0.3, -0.25) is 14.7 Å². The molecule has 0 spiro atoms. The molecule has 3 amide bonds. The van der Waals surface area contributed by atoms with Gasteiger partial charge < -0.3 is 50.0 Å². The molecule has 2 aliphatic heterocycles. The van der Waals surface area contributed by atoms with Gasteiger partial charge in [0.25, 0.3) is 0 Å². The van der Waals surface area contributed by atoms with E-state index in [9.17, 15) is 29.7 Å². The van der Waals surface area contributed by atoms with Crippen molar-refractivity contribution < 1.29 is 48.3 Å². The minimum absolute atomic E-state index is 0.0240. The number of aliphatic hydroxyl groups is 2. The van der Waals surface area contributed by atoms with E-state index in [4.69, 9.17) is 24.2 Å². The van der Waals surface area contributed by atoms with Gasteiger partial charge in [0.1, 0.15) is 48.1 Å². The average Bonchev–Trinajstić information content (AvgIpc) is 4.03. The predicted molar refractivity (Wildman–Crippen MR) is 300 cm³/mol. The van der Waals surface area contributed by atoms with Crippen LogP contribution in [0.4, 0.5) is 15.0 Å². The van der Waals surface area contributed by atoms with Gasteiger partial charge in [-0.15, -0.1) is 16.4 Å². The second-order valence-corrected chi connectivity index (χ2v) is 22.4. The number of thiazole rings is 1. The first-order chi connectivity index (χ1) is 39.1. The van der Waals surface area contributed by atoms with Crippen molar-refractivity contribution in [3.8, 4) is 44.6 Å². The molecule has 5 atom stereocenters. The van der Waals surface area contributed by atoms with Crippen LogP contribution in [0.15, 0.2) is 78.6 Å². The number of fused-ring (bicyclic) bond motifs is 2. The Morgan fingerprint density at radius 2 is 1.70 bits per heavy atom. The molecule has 3 fully saturated rings. The van der Waals surface area contributed by atoms with Gasteiger partial charge in [-0.25, -0.2) is 18.9 Å². The lowest BCUT2D eigenvalue weighted by Gasteiger charge is -2.37. The van der Waals surface area contributed by atoms with E-state index in [1.54, 1.807) is 31.9 Å². The van der Waals surface area contributed by atoms with Crippen LogP contribution in [0.5, 0.6) is 11.8 Å². The zero-order valence-electron chi connectivity index (χ0n) is 45.6. The number of H-pyrrole nitrogens is 1. The van der Waals surface area contributed by atoms with Gasteiger partial charge in [0.2, 0.25) is 11.8 Å². The molecule has 21 nitrogen and oxygen atoms in total. The number of nitrogens with zero attached hydrogens (tertiary/aromatic N) is 9. The number of ether oxygens (including phenoxy) is 3. The van der Waals surface area contributed by atoms with E-state index in [2.05, 4.69) is 36.1 Å². The molecule has 4 aromatic heterocycles. The number of aryl methyl sites for hydroxylation is 1. The van der Waals surface area contributed by atoms with Gasteiger partial charge in [0, 0.05) is 60.6 Å². The summed E-state index contributed by atoms with van der Waals surface area (Å²) >= 11 is 1.53. The van der Waals surface area contributed by atoms with Crippen LogP contribution in [0, 0.1) is 25.6 Å². The largest absolute Gasteiger partial charge is 0.486 e. The number of aliphatic hydroxyl groups excluding tert-OH is 2. The van der Waals surface area contributed by atoms with Crippen LogP contribution in [0.25, 0.3) is 54.6 Å². The molecule has 1 aliphatic carbocycles. The van der Waals surface area contributed by atoms with Crippen molar-refractivity contribution in [3.05, 3.63) is 112 Å². The number of aromatic amines is 1. The molecule has 0 bridgehead atoms. The van der Waals surface area contributed by atoms with Crippen LogP contribution >= 0.6 is 11.3 Å². The third-order valence-electron chi connectivity index (χ3n) is 15.5. The SMILES string of the molecule is CO[C@@H](C)COc1nc(NC2CN(C(=O)O)C2)c2cc(C3CC3)c(-c3c(C)c(F)cc4[nH]ncc34)c(OCc3ccc(-c4cn([C@H](C(=O)N5C[C@H](O)C[C@H]5C(=O)N[C@@H](CO)c5ccc(-c6scnc6C)cc5)C(C)C)nn4)cc3)c2n1. The van der Waals surface area contributed by atoms with Crippen molar-refractivity contribution in [2.75, 3.05) is 45.3 Å². The van der Waals surface area contributed by atoms with Gasteiger partial charge in [0.15, 0.2) is 5.75 Å². The van der Waals surface area contributed by atoms with Gasteiger partial charge >= 0.3 is 12.1 Å². The Kier molecular flexibility index (Phi) is 15.4. The minimum atomic E-state index is -1.01. The van der Waals surface area contributed by atoms with E-state index < -0.39 is 48.0 Å². The van der Waals surface area contributed by atoms with Crippen LogP contribution in [-0.2, 0) is 20.9 Å². The monoisotopic (exact) mass is 1120 g/mol. The van der Waals surface area contributed by atoms with Gasteiger partial charge in [0.05, 0.1) is 64.9 Å². The lowest BCUT2D eigenvalue weighted by atomic mass is 9.88. The molecule has 8 aromatic rings. The molecule has 81 heavy (non-hydrogen) atoms. The molecule has 6 N–H and O–H groups in total. The molecule has 11 rings (SSSR count). The number of aromatic nitrogens is 8. The van der Waals surface area contributed by atoms with Crippen molar-refractivity contribution in [1.82, 2.24) is 55.3 Å². The molecule has 3 aliphatic rings. The number of hydrogen-bond acceptors (Lipinski definition) is 16. The van der Waals surface area contributed by atoms with E-state index in [0.29, 0.717) is 66.9 Å². The third kappa shape index (κ3) is 11.1. The lowest BCUT2D eigenvalue weighted by Crippen LogP contribution is -2.56. The maximum absolute atomic E-state index is 16.0. The number of hydrogen-bond donors (Lipinski definition) is 6. The van der Waals surface area contributed by atoms with Gasteiger partial charge in [-0.05, 0) is 85.4 Å². The molecular weight excluding hydrogens is 1060 g/mol. The topological polar surface area (TPSA) is 268 Å². The quantitative estimate of drug-likeness (QED) is 0.0422. The van der Waals surface area contributed by atoms with Crippen LogP contribution in [0.2, 0.25) is 0 Å². The van der Waals surface area contributed by atoms with Crippen LogP contribution in [0.1, 0.15) is 86.0 Å². The Morgan fingerprint density at radius 3 is 2.38 bits per heavy atom. The molecule has 1 saturated carbocycles. The van der Waals surface area contributed by atoms with E-state index in [0.717, 1.165) is 40.1 Å². The second-order valence-electron chi connectivity index (χ2n) is 21.6. The van der Waals surface area contributed by atoms with Crippen molar-refractivity contribution >= 4 is 56.9 Å². The Morgan fingerprint density at radius 1 is 0.951 bits per heavy atom. The Balaban J connectivity index is 0.866. The summed E-state index contributed by atoms with van der Waals surface area (Å²) in [5, 5.41) is 54.8.